The number of para-hydroxylation sites is 1. The van der Waals surface area contributed by atoms with E-state index in [1.807, 2.05) is 24.3 Å². The van der Waals surface area contributed by atoms with Gasteiger partial charge in [0.1, 0.15) is 5.00 Å². The fraction of sp³-hybridized carbons (Fsp3) is 0.318. The Morgan fingerprint density at radius 3 is 2.90 bits per heavy atom. The average molecular weight is 426 g/mol. The lowest BCUT2D eigenvalue weighted by Crippen LogP contribution is -2.23. The number of carbonyl (C=O) groups excluding carboxylic acids is 3. The SMILES string of the molecule is C[C@H]1CCc2c(sc(NC(=O)COC(=O)Cc3c[nH]c4ccccc34)c2C(N)=O)C1. The maximum Gasteiger partial charge on any atom is 0.310 e. The second-order valence-electron chi connectivity index (χ2n) is 7.67. The maximum atomic E-state index is 12.3. The van der Waals surface area contributed by atoms with E-state index in [1.54, 1.807) is 6.20 Å². The van der Waals surface area contributed by atoms with Crippen molar-refractivity contribution in [1.29, 1.82) is 0 Å². The van der Waals surface area contributed by atoms with Crippen molar-refractivity contribution in [1.82, 2.24) is 4.98 Å². The van der Waals surface area contributed by atoms with Crippen molar-refractivity contribution in [2.75, 3.05) is 11.9 Å². The number of rotatable bonds is 6. The van der Waals surface area contributed by atoms with Gasteiger partial charge in [0.05, 0.1) is 12.0 Å². The largest absolute Gasteiger partial charge is 0.455 e. The summed E-state index contributed by atoms with van der Waals surface area (Å²) in [5.41, 5.74) is 8.65. The lowest BCUT2D eigenvalue weighted by molar-refractivity contribution is -0.146. The number of amides is 2. The van der Waals surface area contributed by atoms with Crippen molar-refractivity contribution < 1.29 is 19.1 Å². The van der Waals surface area contributed by atoms with E-state index in [-0.39, 0.29) is 6.42 Å². The van der Waals surface area contributed by atoms with Gasteiger partial charge in [-0.25, -0.2) is 0 Å². The van der Waals surface area contributed by atoms with Crippen molar-refractivity contribution in [3.05, 3.63) is 52.0 Å². The summed E-state index contributed by atoms with van der Waals surface area (Å²) in [7, 11) is 0. The molecule has 1 atom stereocenters. The third kappa shape index (κ3) is 4.09. The summed E-state index contributed by atoms with van der Waals surface area (Å²) >= 11 is 1.38. The predicted octanol–water partition coefficient (Wildman–Crippen LogP) is 3.18. The Hall–Kier alpha value is -3.13. The molecule has 0 spiro atoms. The van der Waals surface area contributed by atoms with E-state index in [0.717, 1.165) is 46.2 Å². The Bertz CT molecular complexity index is 1130. The highest BCUT2D eigenvalue weighted by Crippen LogP contribution is 2.39. The number of ether oxygens (including phenoxy) is 1. The molecule has 2 heterocycles. The number of nitrogens with one attached hydrogen (secondary N) is 2. The molecular weight excluding hydrogens is 402 g/mol. The molecule has 0 bridgehead atoms. The molecule has 0 unspecified atom stereocenters. The smallest absolute Gasteiger partial charge is 0.310 e. The van der Waals surface area contributed by atoms with Gasteiger partial charge in [0.25, 0.3) is 11.8 Å². The number of fused-ring (bicyclic) bond motifs is 2. The summed E-state index contributed by atoms with van der Waals surface area (Å²) in [6.45, 7) is 1.75. The minimum Gasteiger partial charge on any atom is -0.455 e. The fourth-order valence-electron chi connectivity index (χ4n) is 3.89. The van der Waals surface area contributed by atoms with Crippen LogP contribution < -0.4 is 11.1 Å². The van der Waals surface area contributed by atoms with Crippen LogP contribution in [-0.2, 0) is 33.6 Å². The van der Waals surface area contributed by atoms with Gasteiger partial charge in [-0.3, -0.25) is 14.4 Å². The number of hydrogen-bond acceptors (Lipinski definition) is 5. The Morgan fingerprint density at radius 1 is 1.30 bits per heavy atom. The number of thiophene rings is 1. The minimum atomic E-state index is -0.548. The Balaban J connectivity index is 1.38. The number of aromatic nitrogens is 1. The van der Waals surface area contributed by atoms with Gasteiger partial charge < -0.3 is 20.8 Å². The van der Waals surface area contributed by atoms with Gasteiger partial charge in [-0.05, 0) is 42.4 Å². The van der Waals surface area contributed by atoms with Crippen LogP contribution in [0, 0.1) is 5.92 Å². The van der Waals surface area contributed by atoms with Crippen LogP contribution in [0.25, 0.3) is 10.9 Å². The van der Waals surface area contributed by atoms with Gasteiger partial charge in [0.15, 0.2) is 6.61 Å². The predicted molar refractivity (Wildman–Crippen MR) is 116 cm³/mol. The zero-order valence-electron chi connectivity index (χ0n) is 16.6. The van der Waals surface area contributed by atoms with Crippen LogP contribution in [0.2, 0.25) is 0 Å². The first-order chi connectivity index (χ1) is 14.4. The van der Waals surface area contributed by atoms with E-state index in [4.69, 9.17) is 10.5 Å². The molecule has 2 amide bonds. The number of benzene rings is 1. The first kappa shape index (κ1) is 20.2. The molecule has 2 aromatic heterocycles. The molecule has 3 aromatic rings. The Labute approximate surface area is 177 Å². The second kappa shape index (κ2) is 8.31. The number of nitrogens with two attached hydrogens (primary N) is 1. The van der Waals surface area contributed by atoms with Crippen LogP contribution in [0.5, 0.6) is 0 Å². The van der Waals surface area contributed by atoms with Crippen LogP contribution in [0.4, 0.5) is 5.00 Å². The van der Waals surface area contributed by atoms with Crippen LogP contribution in [-0.4, -0.2) is 29.4 Å². The molecule has 0 saturated heterocycles. The quantitative estimate of drug-likeness (QED) is 0.526. The highest BCUT2D eigenvalue weighted by atomic mass is 32.1. The highest BCUT2D eigenvalue weighted by molar-refractivity contribution is 7.17. The van der Waals surface area contributed by atoms with Crippen LogP contribution in [0.3, 0.4) is 0 Å². The number of H-pyrrole nitrogens is 1. The zero-order valence-corrected chi connectivity index (χ0v) is 17.4. The molecule has 0 saturated carbocycles. The van der Waals surface area contributed by atoms with Crippen molar-refractivity contribution in [2.45, 2.75) is 32.6 Å². The lowest BCUT2D eigenvalue weighted by Gasteiger charge is -2.18. The fourth-order valence-corrected chi connectivity index (χ4v) is 5.32. The number of carbonyl (C=O) groups is 3. The van der Waals surface area contributed by atoms with Crippen molar-refractivity contribution in [2.24, 2.45) is 11.7 Å². The average Bonchev–Trinajstić information content (AvgIpc) is 3.27. The van der Waals surface area contributed by atoms with E-state index < -0.39 is 24.4 Å². The summed E-state index contributed by atoms with van der Waals surface area (Å²) in [5.74, 6) is -1.000. The number of esters is 1. The van der Waals surface area contributed by atoms with Gasteiger partial charge in [-0.15, -0.1) is 11.3 Å². The first-order valence-electron chi connectivity index (χ1n) is 9.87. The summed E-state index contributed by atoms with van der Waals surface area (Å²) in [6.07, 6.45) is 4.47. The number of aromatic amines is 1. The van der Waals surface area contributed by atoms with Crippen LogP contribution >= 0.6 is 11.3 Å². The number of hydrogen-bond donors (Lipinski definition) is 3. The molecule has 30 heavy (non-hydrogen) atoms. The lowest BCUT2D eigenvalue weighted by atomic mass is 9.88. The van der Waals surface area contributed by atoms with E-state index in [9.17, 15) is 14.4 Å². The minimum absolute atomic E-state index is 0.0645. The third-order valence-corrected chi connectivity index (χ3v) is 6.55. The molecule has 1 aromatic carbocycles. The van der Waals surface area contributed by atoms with Gasteiger partial charge in [-0.1, -0.05) is 25.1 Å². The van der Waals surface area contributed by atoms with Gasteiger partial charge in [0.2, 0.25) is 0 Å². The van der Waals surface area contributed by atoms with E-state index in [1.165, 1.54) is 11.3 Å². The number of anilines is 1. The number of primary amides is 1. The molecule has 0 aliphatic heterocycles. The molecule has 8 heteroatoms. The molecule has 4 rings (SSSR count). The van der Waals surface area contributed by atoms with Gasteiger partial charge in [-0.2, -0.15) is 0 Å². The molecule has 4 N–H and O–H groups in total. The summed E-state index contributed by atoms with van der Waals surface area (Å²) < 4.78 is 5.14. The molecule has 7 nitrogen and oxygen atoms in total. The van der Waals surface area contributed by atoms with Crippen LogP contribution in [0.15, 0.2) is 30.5 Å². The Kier molecular flexibility index (Phi) is 5.59. The normalized spacial score (nSPS) is 15.6. The maximum absolute atomic E-state index is 12.3. The van der Waals surface area contributed by atoms with E-state index in [2.05, 4.69) is 17.2 Å². The van der Waals surface area contributed by atoms with E-state index >= 15 is 0 Å². The Morgan fingerprint density at radius 2 is 2.10 bits per heavy atom. The first-order valence-corrected chi connectivity index (χ1v) is 10.7. The molecule has 1 aliphatic rings. The van der Waals surface area contributed by atoms with Crippen molar-refractivity contribution >= 4 is 45.0 Å². The molecule has 156 valence electrons. The van der Waals surface area contributed by atoms with Gasteiger partial charge in [0, 0.05) is 22.0 Å². The monoisotopic (exact) mass is 425 g/mol. The standard InChI is InChI=1S/C22H23N3O4S/c1-12-6-7-15-17(8-12)30-22(20(15)21(23)28)25-18(26)11-29-19(27)9-13-10-24-16-5-3-2-4-14(13)16/h2-5,10,12,24H,6-9,11H2,1H3,(H2,23,28)(H,25,26)/t12-/m0/s1. The highest BCUT2D eigenvalue weighted by Gasteiger charge is 2.27. The molecular formula is C22H23N3O4S. The van der Waals surface area contributed by atoms with E-state index in [0.29, 0.717) is 16.5 Å². The zero-order chi connectivity index (χ0) is 21.3. The molecule has 0 radical (unpaired) electrons. The third-order valence-electron chi connectivity index (χ3n) is 5.38. The summed E-state index contributed by atoms with van der Waals surface area (Å²) in [4.78, 5) is 40.7. The van der Waals surface area contributed by atoms with Crippen LogP contribution in [0.1, 0.15) is 39.7 Å². The molecule has 1 aliphatic carbocycles. The topological polar surface area (TPSA) is 114 Å². The second-order valence-corrected chi connectivity index (χ2v) is 8.77. The van der Waals surface area contributed by atoms with Crippen molar-refractivity contribution in [3.63, 3.8) is 0 Å². The summed E-state index contributed by atoms with van der Waals surface area (Å²) in [6, 6.07) is 7.66. The van der Waals surface area contributed by atoms with Gasteiger partial charge >= 0.3 is 5.97 Å². The van der Waals surface area contributed by atoms with Crippen molar-refractivity contribution in [3.8, 4) is 0 Å². The molecule has 0 fully saturated rings. The summed E-state index contributed by atoms with van der Waals surface area (Å²) in [5, 5.41) is 4.09.